The Morgan fingerprint density at radius 1 is 1.36 bits per heavy atom. The Kier molecular flexibility index (Phi) is 5.10. The molecule has 2 aliphatic rings. The standard InChI is InChI=1S/C16H25N3O2S/c17-10-14-9-13(11-21-14)15(20)18-12-16(3-1-2-4-16)19-5-7-22-8-6-19/h9,11H,1-8,10,12,17H2,(H,18,20). The van der Waals surface area contributed by atoms with E-state index in [1.165, 1.54) is 43.5 Å². The van der Waals surface area contributed by atoms with Crippen molar-refractivity contribution in [3.05, 3.63) is 23.7 Å². The van der Waals surface area contributed by atoms with Crippen LogP contribution >= 0.6 is 11.8 Å². The van der Waals surface area contributed by atoms with Crippen molar-refractivity contribution in [1.29, 1.82) is 0 Å². The van der Waals surface area contributed by atoms with Crippen molar-refractivity contribution in [2.45, 2.75) is 37.8 Å². The maximum Gasteiger partial charge on any atom is 0.254 e. The zero-order chi connectivity index (χ0) is 15.4. The largest absolute Gasteiger partial charge is 0.467 e. The number of nitrogens with two attached hydrogens (primary N) is 1. The van der Waals surface area contributed by atoms with Gasteiger partial charge >= 0.3 is 0 Å². The molecule has 1 aliphatic heterocycles. The molecule has 2 fully saturated rings. The normalized spacial score (nSPS) is 21.9. The minimum atomic E-state index is -0.0545. The zero-order valence-corrected chi connectivity index (χ0v) is 13.8. The van der Waals surface area contributed by atoms with Crippen molar-refractivity contribution >= 4 is 17.7 Å². The summed E-state index contributed by atoms with van der Waals surface area (Å²) in [5, 5.41) is 3.13. The predicted molar refractivity (Wildman–Crippen MR) is 89.0 cm³/mol. The van der Waals surface area contributed by atoms with Crippen molar-refractivity contribution in [2.24, 2.45) is 5.73 Å². The molecular formula is C16H25N3O2S. The summed E-state index contributed by atoms with van der Waals surface area (Å²) >= 11 is 2.03. The van der Waals surface area contributed by atoms with Crippen LogP contribution in [0.1, 0.15) is 41.8 Å². The van der Waals surface area contributed by atoms with Crippen LogP contribution in [0, 0.1) is 0 Å². The first-order chi connectivity index (χ1) is 10.7. The van der Waals surface area contributed by atoms with E-state index in [4.69, 9.17) is 10.2 Å². The first kappa shape index (κ1) is 15.9. The maximum absolute atomic E-state index is 12.3. The van der Waals surface area contributed by atoms with Crippen LogP contribution in [0.4, 0.5) is 0 Å². The topological polar surface area (TPSA) is 71.5 Å². The molecule has 0 radical (unpaired) electrons. The Balaban J connectivity index is 1.62. The second-order valence-electron chi connectivity index (χ2n) is 6.22. The number of rotatable bonds is 5. The molecule has 1 amide bonds. The summed E-state index contributed by atoms with van der Waals surface area (Å²) in [6.45, 7) is 3.34. The van der Waals surface area contributed by atoms with Gasteiger partial charge in [0, 0.05) is 36.7 Å². The fourth-order valence-electron chi connectivity index (χ4n) is 3.63. The van der Waals surface area contributed by atoms with Gasteiger partial charge in [-0.2, -0.15) is 11.8 Å². The van der Waals surface area contributed by atoms with E-state index in [1.54, 1.807) is 6.07 Å². The second kappa shape index (κ2) is 7.06. The average Bonchev–Trinajstić information content (AvgIpc) is 3.23. The molecule has 0 aromatic carbocycles. The molecule has 122 valence electrons. The van der Waals surface area contributed by atoms with Gasteiger partial charge in [-0.15, -0.1) is 0 Å². The molecule has 1 aliphatic carbocycles. The molecule has 1 aromatic heterocycles. The molecule has 5 nitrogen and oxygen atoms in total. The molecule has 0 unspecified atom stereocenters. The number of nitrogens with zero attached hydrogens (tertiary/aromatic N) is 1. The number of carbonyl (C=O) groups excluding carboxylic acids is 1. The van der Waals surface area contributed by atoms with E-state index < -0.39 is 0 Å². The molecule has 0 bridgehead atoms. The highest BCUT2D eigenvalue weighted by Crippen LogP contribution is 2.36. The first-order valence-corrected chi connectivity index (χ1v) is 9.27. The minimum Gasteiger partial charge on any atom is -0.467 e. The van der Waals surface area contributed by atoms with Gasteiger partial charge < -0.3 is 15.5 Å². The van der Waals surface area contributed by atoms with Gasteiger partial charge in [0.05, 0.1) is 12.1 Å². The summed E-state index contributed by atoms with van der Waals surface area (Å²) in [6, 6.07) is 1.73. The van der Waals surface area contributed by atoms with Gasteiger partial charge in [0.25, 0.3) is 5.91 Å². The van der Waals surface area contributed by atoms with Crippen LogP contribution in [0.3, 0.4) is 0 Å². The Labute approximate surface area is 136 Å². The van der Waals surface area contributed by atoms with Crippen LogP contribution in [-0.2, 0) is 6.54 Å². The van der Waals surface area contributed by atoms with Gasteiger partial charge in [-0.1, -0.05) is 12.8 Å². The number of thioether (sulfide) groups is 1. The van der Waals surface area contributed by atoms with Gasteiger partial charge in [0.1, 0.15) is 12.0 Å². The number of hydrogen-bond donors (Lipinski definition) is 2. The van der Waals surface area contributed by atoms with Crippen LogP contribution in [0.2, 0.25) is 0 Å². The Bertz CT molecular complexity index is 505. The van der Waals surface area contributed by atoms with E-state index in [2.05, 4.69) is 10.2 Å². The summed E-state index contributed by atoms with van der Waals surface area (Å²) in [5.74, 6) is 3.00. The lowest BCUT2D eigenvalue weighted by atomic mass is 9.94. The predicted octanol–water partition coefficient (Wildman–Crippen LogP) is 1.83. The van der Waals surface area contributed by atoms with Crippen LogP contribution in [0.5, 0.6) is 0 Å². The molecule has 0 atom stereocenters. The first-order valence-electron chi connectivity index (χ1n) is 8.12. The van der Waals surface area contributed by atoms with E-state index in [1.807, 2.05) is 11.8 Å². The van der Waals surface area contributed by atoms with Gasteiger partial charge in [0.15, 0.2) is 0 Å². The maximum atomic E-state index is 12.3. The van der Waals surface area contributed by atoms with E-state index in [9.17, 15) is 4.79 Å². The lowest BCUT2D eigenvalue weighted by Crippen LogP contribution is -2.56. The molecule has 0 spiro atoms. The molecular weight excluding hydrogens is 298 g/mol. The fraction of sp³-hybridized carbons (Fsp3) is 0.688. The van der Waals surface area contributed by atoms with Crippen LogP contribution < -0.4 is 11.1 Å². The van der Waals surface area contributed by atoms with E-state index in [0.717, 1.165) is 19.6 Å². The van der Waals surface area contributed by atoms with Crippen LogP contribution in [0.25, 0.3) is 0 Å². The SMILES string of the molecule is NCc1cc(C(=O)NCC2(N3CCSCC3)CCCC2)co1. The molecule has 1 saturated carbocycles. The van der Waals surface area contributed by atoms with Gasteiger partial charge in [-0.25, -0.2) is 0 Å². The molecule has 3 rings (SSSR count). The average molecular weight is 323 g/mol. The van der Waals surface area contributed by atoms with Gasteiger partial charge in [-0.3, -0.25) is 9.69 Å². The summed E-state index contributed by atoms with van der Waals surface area (Å²) in [5.41, 5.74) is 6.26. The molecule has 3 N–H and O–H groups in total. The highest BCUT2D eigenvalue weighted by atomic mass is 32.2. The monoisotopic (exact) mass is 323 g/mol. The smallest absolute Gasteiger partial charge is 0.254 e. The quantitative estimate of drug-likeness (QED) is 0.865. The summed E-state index contributed by atoms with van der Waals surface area (Å²) in [6.07, 6.45) is 6.41. The molecule has 22 heavy (non-hydrogen) atoms. The number of nitrogens with one attached hydrogen (secondary N) is 1. The van der Waals surface area contributed by atoms with E-state index >= 15 is 0 Å². The van der Waals surface area contributed by atoms with Crippen LogP contribution in [0.15, 0.2) is 16.7 Å². The summed E-state index contributed by atoms with van der Waals surface area (Å²) in [7, 11) is 0. The number of carbonyl (C=O) groups is 1. The number of furan rings is 1. The van der Waals surface area contributed by atoms with Crippen molar-refractivity contribution in [2.75, 3.05) is 31.1 Å². The van der Waals surface area contributed by atoms with Crippen molar-refractivity contribution in [3.63, 3.8) is 0 Å². The lowest BCUT2D eigenvalue weighted by molar-refractivity contribution is 0.0817. The van der Waals surface area contributed by atoms with Crippen molar-refractivity contribution < 1.29 is 9.21 Å². The summed E-state index contributed by atoms with van der Waals surface area (Å²) in [4.78, 5) is 14.9. The Morgan fingerprint density at radius 2 is 2.09 bits per heavy atom. The van der Waals surface area contributed by atoms with Crippen molar-refractivity contribution in [1.82, 2.24) is 10.2 Å². The molecule has 2 heterocycles. The van der Waals surface area contributed by atoms with Gasteiger partial charge in [0.2, 0.25) is 0 Å². The van der Waals surface area contributed by atoms with Gasteiger partial charge in [-0.05, 0) is 18.9 Å². The highest BCUT2D eigenvalue weighted by Gasteiger charge is 2.40. The minimum absolute atomic E-state index is 0.0545. The number of hydrogen-bond acceptors (Lipinski definition) is 5. The third kappa shape index (κ3) is 3.34. The second-order valence-corrected chi connectivity index (χ2v) is 7.44. The highest BCUT2D eigenvalue weighted by molar-refractivity contribution is 7.99. The zero-order valence-electron chi connectivity index (χ0n) is 13.0. The lowest BCUT2D eigenvalue weighted by Gasteiger charge is -2.43. The third-order valence-corrected chi connectivity index (χ3v) is 5.85. The van der Waals surface area contributed by atoms with E-state index in [0.29, 0.717) is 17.9 Å². The summed E-state index contributed by atoms with van der Waals surface area (Å²) < 4.78 is 5.25. The Hall–Kier alpha value is -0.980. The molecule has 1 saturated heterocycles. The fourth-order valence-corrected chi connectivity index (χ4v) is 4.53. The van der Waals surface area contributed by atoms with E-state index in [-0.39, 0.29) is 11.4 Å². The molecule has 1 aromatic rings. The van der Waals surface area contributed by atoms with Crippen LogP contribution in [-0.4, -0.2) is 47.5 Å². The number of amides is 1. The Morgan fingerprint density at radius 3 is 2.73 bits per heavy atom. The molecule has 6 heteroatoms. The van der Waals surface area contributed by atoms with Crippen molar-refractivity contribution in [3.8, 4) is 0 Å². The third-order valence-electron chi connectivity index (χ3n) is 4.91.